The van der Waals surface area contributed by atoms with E-state index in [0.717, 1.165) is 18.5 Å². The van der Waals surface area contributed by atoms with E-state index in [1.165, 1.54) is 56.9 Å². The van der Waals surface area contributed by atoms with Crippen LogP contribution in [0.5, 0.6) is 5.75 Å². The van der Waals surface area contributed by atoms with Gasteiger partial charge in [0.2, 0.25) is 0 Å². The van der Waals surface area contributed by atoms with Crippen molar-refractivity contribution in [3.63, 3.8) is 0 Å². The average molecular weight is 332 g/mol. The smallest absolute Gasteiger partial charge is 0.119 e. The minimum Gasteiger partial charge on any atom is -0.508 e. The van der Waals surface area contributed by atoms with Crippen molar-refractivity contribution in [3.05, 3.63) is 29.3 Å². The third-order valence-corrected chi connectivity index (χ3v) is 6.08. The van der Waals surface area contributed by atoms with Gasteiger partial charge < -0.3 is 10.8 Å². The van der Waals surface area contributed by atoms with Gasteiger partial charge in [-0.1, -0.05) is 71.4 Å². The number of phenols is 1. The molecule has 2 nitrogen and oxygen atoms in total. The molecule has 1 aromatic carbocycles. The minimum absolute atomic E-state index is 0.129. The van der Waals surface area contributed by atoms with E-state index in [4.69, 9.17) is 5.73 Å². The first kappa shape index (κ1) is 19.3. The molecule has 0 spiro atoms. The van der Waals surface area contributed by atoms with E-state index >= 15 is 0 Å². The molecule has 0 bridgehead atoms. The van der Waals surface area contributed by atoms with Crippen molar-refractivity contribution in [2.45, 2.75) is 89.9 Å². The third kappa shape index (κ3) is 4.75. The molecule has 2 atom stereocenters. The van der Waals surface area contributed by atoms with Gasteiger partial charge in [-0.05, 0) is 60.3 Å². The molecule has 24 heavy (non-hydrogen) atoms. The van der Waals surface area contributed by atoms with Crippen molar-refractivity contribution in [3.8, 4) is 5.75 Å². The Bertz CT molecular complexity index is 509. The Morgan fingerprint density at radius 1 is 1.12 bits per heavy atom. The second kappa shape index (κ2) is 8.89. The summed E-state index contributed by atoms with van der Waals surface area (Å²) in [6, 6.07) is 6.45. The van der Waals surface area contributed by atoms with Crippen LogP contribution < -0.4 is 5.73 Å². The van der Waals surface area contributed by atoms with Crippen LogP contribution in [0.3, 0.4) is 0 Å². The molecular formula is C22H37NO. The van der Waals surface area contributed by atoms with Gasteiger partial charge in [0.25, 0.3) is 0 Å². The summed E-state index contributed by atoms with van der Waals surface area (Å²) in [5.41, 5.74) is 8.49. The first-order valence-corrected chi connectivity index (χ1v) is 10.0. The number of nitrogens with two attached hydrogens (primary N) is 1. The lowest BCUT2D eigenvalue weighted by Gasteiger charge is -2.32. The molecule has 0 saturated heterocycles. The molecule has 0 aromatic heterocycles. The Morgan fingerprint density at radius 2 is 1.88 bits per heavy atom. The van der Waals surface area contributed by atoms with Crippen LogP contribution in [-0.2, 0) is 5.41 Å². The Hall–Kier alpha value is -1.02. The van der Waals surface area contributed by atoms with Crippen LogP contribution >= 0.6 is 0 Å². The summed E-state index contributed by atoms with van der Waals surface area (Å²) in [5, 5.41) is 10.7. The van der Waals surface area contributed by atoms with E-state index in [9.17, 15) is 5.11 Å². The molecule has 2 rings (SSSR count). The molecule has 1 aromatic rings. The Labute approximate surface area is 148 Å². The van der Waals surface area contributed by atoms with Crippen LogP contribution in [0.2, 0.25) is 0 Å². The maximum Gasteiger partial charge on any atom is 0.119 e. The van der Waals surface area contributed by atoms with Gasteiger partial charge >= 0.3 is 0 Å². The van der Waals surface area contributed by atoms with Crippen LogP contribution in [0.15, 0.2) is 18.2 Å². The summed E-state index contributed by atoms with van der Waals surface area (Å²) in [5.74, 6) is 1.45. The Kier molecular flexibility index (Phi) is 7.16. The van der Waals surface area contributed by atoms with Gasteiger partial charge in [-0.25, -0.2) is 0 Å². The van der Waals surface area contributed by atoms with Gasteiger partial charge in [0, 0.05) is 0 Å². The van der Waals surface area contributed by atoms with Gasteiger partial charge in [0.1, 0.15) is 5.75 Å². The van der Waals surface area contributed by atoms with Crippen LogP contribution in [0, 0.1) is 5.92 Å². The lowest BCUT2D eigenvalue weighted by Crippen LogP contribution is -2.25. The van der Waals surface area contributed by atoms with Crippen LogP contribution in [0.25, 0.3) is 0 Å². The number of rotatable bonds is 8. The third-order valence-electron chi connectivity index (χ3n) is 6.08. The number of phenolic OH excluding ortho intramolecular Hbond substituents is 1. The van der Waals surface area contributed by atoms with E-state index in [2.05, 4.69) is 32.9 Å². The van der Waals surface area contributed by atoms with Gasteiger partial charge in [0.15, 0.2) is 0 Å². The fourth-order valence-corrected chi connectivity index (χ4v) is 4.32. The van der Waals surface area contributed by atoms with Crippen LogP contribution in [0.4, 0.5) is 0 Å². The molecule has 1 saturated carbocycles. The fraction of sp³-hybridized carbons (Fsp3) is 0.727. The largest absolute Gasteiger partial charge is 0.508 e. The molecule has 1 aliphatic rings. The minimum atomic E-state index is 0.129. The second-order valence-corrected chi connectivity index (χ2v) is 8.35. The van der Waals surface area contributed by atoms with Crippen molar-refractivity contribution in [1.29, 1.82) is 0 Å². The molecule has 0 aliphatic heterocycles. The Morgan fingerprint density at radius 3 is 2.54 bits per heavy atom. The summed E-state index contributed by atoms with van der Waals surface area (Å²) < 4.78 is 0. The summed E-state index contributed by atoms with van der Waals surface area (Å²) >= 11 is 0. The maximum absolute atomic E-state index is 10.7. The molecule has 2 heteroatoms. The van der Waals surface area contributed by atoms with Crippen LogP contribution in [-0.4, -0.2) is 11.7 Å². The molecule has 0 heterocycles. The van der Waals surface area contributed by atoms with Gasteiger partial charge in [0.05, 0.1) is 0 Å². The maximum atomic E-state index is 10.7. The molecule has 0 radical (unpaired) electrons. The molecule has 1 aliphatic carbocycles. The predicted molar refractivity (Wildman–Crippen MR) is 104 cm³/mol. The average Bonchev–Trinajstić information content (AvgIpc) is 2.58. The number of benzene rings is 1. The van der Waals surface area contributed by atoms with Gasteiger partial charge in [-0.15, -0.1) is 0 Å². The highest BCUT2D eigenvalue weighted by Gasteiger charge is 2.28. The highest BCUT2D eigenvalue weighted by molar-refractivity contribution is 5.41. The van der Waals surface area contributed by atoms with E-state index in [0.29, 0.717) is 17.6 Å². The zero-order chi connectivity index (χ0) is 17.6. The first-order valence-electron chi connectivity index (χ1n) is 10.0. The SMILES string of the molecule is CCCCCCC(C)(C)c1ccc(C2CCCCC2CN)c(O)c1. The molecule has 3 N–H and O–H groups in total. The lowest BCUT2D eigenvalue weighted by molar-refractivity contribution is 0.306. The summed E-state index contributed by atoms with van der Waals surface area (Å²) in [6.45, 7) is 7.59. The number of hydrogen-bond acceptors (Lipinski definition) is 2. The van der Waals surface area contributed by atoms with Gasteiger partial charge in [-0.3, -0.25) is 0 Å². The standard InChI is InChI=1S/C22H37NO/c1-4-5-6-9-14-22(2,3)18-12-13-20(21(24)15-18)19-11-8-7-10-17(19)16-23/h12-13,15,17,19,24H,4-11,14,16,23H2,1-3H3. The summed E-state index contributed by atoms with van der Waals surface area (Å²) in [7, 11) is 0. The lowest BCUT2D eigenvalue weighted by atomic mass is 9.74. The topological polar surface area (TPSA) is 46.2 Å². The summed E-state index contributed by atoms with van der Waals surface area (Å²) in [6.07, 6.45) is 11.3. The van der Waals surface area contributed by atoms with E-state index < -0.39 is 0 Å². The molecule has 0 amide bonds. The highest BCUT2D eigenvalue weighted by Crippen LogP contribution is 2.42. The fourth-order valence-electron chi connectivity index (χ4n) is 4.32. The monoisotopic (exact) mass is 331 g/mol. The molecular weight excluding hydrogens is 294 g/mol. The van der Waals surface area contributed by atoms with Crippen LogP contribution in [0.1, 0.15) is 95.6 Å². The van der Waals surface area contributed by atoms with E-state index in [1.807, 2.05) is 6.07 Å². The highest BCUT2D eigenvalue weighted by atomic mass is 16.3. The Balaban J connectivity index is 2.10. The van der Waals surface area contributed by atoms with Crippen molar-refractivity contribution >= 4 is 0 Å². The normalized spacial score (nSPS) is 21.8. The second-order valence-electron chi connectivity index (χ2n) is 8.35. The predicted octanol–water partition coefficient (Wildman–Crippen LogP) is 5.87. The van der Waals surface area contributed by atoms with Crippen molar-refractivity contribution in [2.24, 2.45) is 11.7 Å². The number of aromatic hydroxyl groups is 1. The van der Waals surface area contributed by atoms with E-state index in [-0.39, 0.29) is 5.41 Å². The number of unbranched alkanes of at least 4 members (excludes halogenated alkanes) is 3. The first-order chi connectivity index (χ1) is 11.5. The summed E-state index contributed by atoms with van der Waals surface area (Å²) in [4.78, 5) is 0. The quantitative estimate of drug-likeness (QED) is 0.585. The zero-order valence-corrected chi connectivity index (χ0v) is 16.0. The van der Waals surface area contributed by atoms with Crippen molar-refractivity contribution in [2.75, 3.05) is 6.54 Å². The van der Waals surface area contributed by atoms with Crippen molar-refractivity contribution in [1.82, 2.24) is 0 Å². The van der Waals surface area contributed by atoms with Gasteiger partial charge in [-0.2, -0.15) is 0 Å². The van der Waals surface area contributed by atoms with Crippen molar-refractivity contribution < 1.29 is 5.11 Å². The molecule has 136 valence electrons. The molecule has 1 fully saturated rings. The number of hydrogen-bond donors (Lipinski definition) is 2. The van der Waals surface area contributed by atoms with E-state index in [1.54, 1.807) is 0 Å². The molecule has 2 unspecified atom stereocenters. The zero-order valence-electron chi connectivity index (χ0n) is 16.0.